The molecule has 2 atom stereocenters. The standard InChI is InChI=1S/C45H73N7O3Si2/c1-16-37-28-38(51(47-37)23-25-54-56(14,15)45(9,10)11)31-49(12)30-35(8)55-44-40(29-46-50(44)13)36-20-21-42-39(27-36)41(48-52(42)43-19-17-18-24-53-43)22-26-57(32(2)3,33(4)5)34(6)7/h20-21,27-29,32-35,43H,16-19,23-25,30-31H2,1-15H3/t35-,43?/m0/s1. The first kappa shape index (κ1) is 44.9. The molecule has 0 bridgehead atoms. The van der Waals surface area contributed by atoms with Crippen molar-refractivity contribution in [2.24, 2.45) is 7.05 Å². The number of hydrogen-bond acceptors (Lipinski definition) is 7. The summed E-state index contributed by atoms with van der Waals surface area (Å²) in [5, 5.41) is 16.0. The minimum absolute atomic E-state index is 0.0807. The fraction of sp³-hybridized carbons (Fsp3) is 0.667. The number of aromatic nitrogens is 6. The van der Waals surface area contributed by atoms with Gasteiger partial charge in [0.2, 0.25) is 5.88 Å². The molecule has 1 fully saturated rings. The maximum atomic E-state index is 6.74. The van der Waals surface area contributed by atoms with Crippen molar-refractivity contribution in [3.63, 3.8) is 0 Å². The molecule has 0 amide bonds. The first-order chi connectivity index (χ1) is 26.8. The highest BCUT2D eigenvalue weighted by molar-refractivity contribution is 6.90. The van der Waals surface area contributed by atoms with Crippen molar-refractivity contribution in [1.82, 2.24) is 34.2 Å². The van der Waals surface area contributed by atoms with Crippen molar-refractivity contribution in [1.29, 1.82) is 0 Å². The number of hydrogen-bond donors (Lipinski definition) is 0. The Balaban J connectivity index is 1.38. The average molecular weight is 816 g/mol. The van der Waals surface area contributed by atoms with Crippen LogP contribution in [-0.4, -0.2) is 83.5 Å². The lowest BCUT2D eigenvalue weighted by atomic mass is 10.1. The molecular weight excluding hydrogens is 743 g/mol. The second-order valence-corrected chi connectivity index (χ2v) is 29.3. The van der Waals surface area contributed by atoms with E-state index in [4.69, 9.17) is 24.1 Å². The highest BCUT2D eigenvalue weighted by Gasteiger charge is 2.42. The van der Waals surface area contributed by atoms with Crippen molar-refractivity contribution in [3.8, 4) is 28.5 Å². The molecule has 4 heterocycles. The van der Waals surface area contributed by atoms with Gasteiger partial charge in [0.15, 0.2) is 14.5 Å². The number of benzene rings is 1. The van der Waals surface area contributed by atoms with Gasteiger partial charge < -0.3 is 13.9 Å². The van der Waals surface area contributed by atoms with Gasteiger partial charge in [-0.15, -0.1) is 5.54 Å². The Morgan fingerprint density at radius 2 is 1.70 bits per heavy atom. The SMILES string of the molecule is CCc1cc(CN(C)C[C@H](C)Oc2c(-c3ccc4c(c3)c(C#C[Si](C(C)C)(C(C)C)C(C)C)nn4C3CCCCO3)cnn2C)n(CCO[Si](C)(C)C(C)(C)C)n1. The number of aryl methyl sites for hydroxylation is 2. The van der Waals surface area contributed by atoms with Gasteiger partial charge in [-0.2, -0.15) is 15.3 Å². The first-order valence-corrected chi connectivity index (χ1v) is 26.7. The van der Waals surface area contributed by atoms with Crippen molar-refractivity contribution < 1.29 is 13.9 Å². The van der Waals surface area contributed by atoms with E-state index in [9.17, 15) is 0 Å². The van der Waals surface area contributed by atoms with Crippen LogP contribution in [0.25, 0.3) is 22.0 Å². The van der Waals surface area contributed by atoms with E-state index < -0.39 is 16.4 Å². The zero-order valence-corrected chi connectivity index (χ0v) is 40.0. The Hall–Kier alpha value is -3.22. The monoisotopic (exact) mass is 816 g/mol. The van der Waals surface area contributed by atoms with Crippen LogP contribution in [0.2, 0.25) is 34.8 Å². The molecule has 5 rings (SSSR count). The average Bonchev–Trinajstić information content (AvgIpc) is 3.82. The molecule has 0 spiro atoms. The van der Waals surface area contributed by atoms with Crippen LogP contribution in [0.1, 0.15) is 119 Å². The zero-order chi connectivity index (χ0) is 41.9. The maximum absolute atomic E-state index is 6.74. The van der Waals surface area contributed by atoms with E-state index in [1.807, 2.05) is 17.9 Å². The van der Waals surface area contributed by atoms with Gasteiger partial charge >= 0.3 is 0 Å². The number of nitrogens with zero attached hydrogens (tertiary/aromatic N) is 7. The largest absolute Gasteiger partial charge is 0.473 e. The Bertz CT molecular complexity index is 1980. The summed E-state index contributed by atoms with van der Waals surface area (Å²) in [5.74, 6) is 4.44. The van der Waals surface area contributed by atoms with Crippen LogP contribution in [-0.2, 0) is 35.7 Å². The predicted molar refractivity (Wildman–Crippen MR) is 240 cm³/mol. The first-order valence-electron chi connectivity index (χ1n) is 21.5. The second kappa shape index (κ2) is 18.4. The van der Waals surface area contributed by atoms with Gasteiger partial charge in [0.1, 0.15) is 19.9 Å². The molecule has 57 heavy (non-hydrogen) atoms. The molecule has 0 N–H and O–H groups in total. The van der Waals surface area contributed by atoms with E-state index >= 15 is 0 Å². The quantitative estimate of drug-likeness (QED) is 0.0823. The van der Waals surface area contributed by atoms with Crippen LogP contribution >= 0.6 is 0 Å². The molecule has 1 aliphatic rings. The van der Waals surface area contributed by atoms with E-state index in [2.05, 4.69) is 151 Å². The van der Waals surface area contributed by atoms with Crippen LogP contribution in [0, 0.1) is 11.5 Å². The Morgan fingerprint density at radius 3 is 2.32 bits per heavy atom. The van der Waals surface area contributed by atoms with Crippen molar-refractivity contribution >= 4 is 27.3 Å². The van der Waals surface area contributed by atoms with Gasteiger partial charge in [-0.25, -0.2) is 9.36 Å². The number of likely N-dealkylation sites (N-methyl/N-ethyl adjacent to an activating group) is 1. The van der Waals surface area contributed by atoms with Crippen LogP contribution in [0.15, 0.2) is 30.5 Å². The summed E-state index contributed by atoms with van der Waals surface area (Å²) in [6.45, 7) is 33.6. The molecule has 10 nitrogen and oxygen atoms in total. The molecular formula is C45H73N7O3Si2. The number of ether oxygens (including phenoxy) is 2. The van der Waals surface area contributed by atoms with Crippen molar-refractivity contribution in [3.05, 3.63) is 47.5 Å². The maximum Gasteiger partial charge on any atom is 0.219 e. The minimum Gasteiger partial charge on any atom is -0.473 e. The molecule has 314 valence electrons. The summed E-state index contributed by atoms with van der Waals surface area (Å²) < 4.78 is 25.6. The Kier molecular flexibility index (Phi) is 14.5. The van der Waals surface area contributed by atoms with Crippen LogP contribution < -0.4 is 4.74 Å². The fourth-order valence-corrected chi connectivity index (χ4v) is 14.8. The predicted octanol–water partition coefficient (Wildman–Crippen LogP) is 10.4. The van der Waals surface area contributed by atoms with Gasteiger partial charge in [-0.05, 0) is 98.2 Å². The summed E-state index contributed by atoms with van der Waals surface area (Å²) in [6, 6.07) is 8.81. The van der Waals surface area contributed by atoms with E-state index in [0.29, 0.717) is 23.2 Å². The summed E-state index contributed by atoms with van der Waals surface area (Å²) in [7, 11) is 0.293. The fourth-order valence-electron chi connectivity index (χ4n) is 8.52. The summed E-state index contributed by atoms with van der Waals surface area (Å²) in [4.78, 5) is 2.32. The van der Waals surface area contributed by atoms with Crippen LogP contribution in [0.5, 0.6) is 5.88 Å². The summed E-state index contributed by atoms with van der Waals surface area (Å²) in [6.07, 6.45) is 5.82. The third-order valence-corrected chi connectivity index (χ3v) is 23.6. The molecule has 0 aliphatic carbocycles. The van der Waals surface area contributed by atoms with Gasteiger partial charge in [0, 0.05) is 32.1 Å². The molecule has 1 aromatic carbocycles. The number of rotatable bonds is 16. The van der Waals surface area contributed by atoms with E-state index in [-0.39, 0.29) is 17.4 Å². The normalized spacial score (nSPS) is 16.3. The molecule has 1 unspecified atom stereocenters. The molecule has 1 saturated heterocycles. The lowest BCUT2D eigenvalue weighted by Gasteiger charge is -2.38. The van der Waals surface area contributed by atoms with E-state index in [0.717, 1.165) is 91.2 Å². The van der Waals surface area contributed by atoms with Crippen LogP contribution in [0.3, 0.4) is 0 Å². The molecule has 4 aromatic rings. The lowest BCUT2D eigenvalue weighted by molar-refractivity contribution is -0.0367. The molecule has 1 aliphatic heterocycles. The van der Waals surface area contributed by atoms with Crippen LogP contribution in [0.4, 0.5) is 0 Å². The summed E-state index contributed by atoms with van der Waals surface area (Å²) >= 11 is 0. The van der Waals surface area contributed by atoms with Gasteiger partial charge in [0.25, 0.3) is 0 Å². The van der Waals surface area contributed by atoms with E-state index in [1.165, 1.54) is 5.69 Å². The minimum atomic E-state index is -1.98. The van der Waals surface area contributed by atoms with Gasteiger partial charge in [0.05, 0.1) is 41.8 Å². The van der Waals surface area contributed by atoms with Crippen molar-refractivity contribution in [2.75, 3.05) is 26.8 Å². The van der Waals surface area contributed by atoms with Gasteiger partial charge in [-0.3, -0.25) is 9.58 Å². The highest BCUT2D eigenvalue weighted by atomic mass is 28.4. The highest BCUT2D eigenvalue weighted by Crippen LogP contribution is 2.41. The lowest BCUT2D eigenvalue weighted by Crippen LogP contribution is -2.43. The van der Waals surface area contributed by atoms with Crippen molar-refractivity contribution in [2.45, 2.75) is 162 Å². The second-order valence-electron chi connectivity index (χ2n) is 18.9. The molecule has 12 heteroatoms. The third kappa shape index (κ3) is 9.98. The molecule has 0 saturated carbocycles. The molecule has 3 aromatic heterocycles. The smallest absolute Gasteiger partial charge is 0.219 e. The van der Waals surface area contributed by atoms with E-state index in [1.54, 1.807) is 0 Å². The topological polar surface area (TPSA) is 84.4 Å². The summed E-state index contributed by atoms with van der Waals surface area (Å²) in [5.41, 5.74) is 11.7. The third-order valence-electron chi connectivity index (χ3n) is 12.8. The Labute approximate surface area is 346 Å². The number of fused-ring (bicyclic) bond motifs is 1. The Morgan fingerprint density at radius 1 is 1.00 bits per heavy atom. The zero-order valence-electron chi connectivity index (χ0n) is 38.0. The molecule has 0 radical (unpaired) electrons. The van der Waals surface area contributed by atoms with Gasteiger partial charge in [-0.1, -0.05) is 81.2 Å².